The molecule has 1 atom stereocenters. The lowest BCUT2D eigenvalue weighted by atomic mass is 9.83. The largest absolute Gasteiger partial charge is 0.494 e. The van der Waals surface area contributed by atoms with Crippen molar-refractivity contribution in [2.75, 3.05) is 7.11 Å². The number of benzene rings is 1. The summed E-state index contributed by atoms with van der Waals surface area (Å²) < 4.78 is 19.5. The van der Waals surface area contributed by atoms with Gasteiger partial charge in [-0.05, 0) is 24.8 Å². The van der Waals surface area contributed by atoms with E-state index < -0.39 is 0 Å². The van der Waals surface area contributed by atoms with Gasteiger partial charge >= 0.3 is 0 Å². The fraction of sp³-hybridized carbons (Fsp3) is 0.625. The Labute approximate surface area is 120 Å². The van der Waals surface area contributed by atoms with Gasteiger partial charge in [-0.3, -0.25) is 11.3 Å². The quantitative estimate of drug-likeness (QED) is 0.653. The third-order valence-electron chi connectivity index (χ3n) is 4.35. The summed E-state index contributed by atoms with van der Waals surface area (Å²) in [6.45, 7) is 0. The first-order chi connectivity index (χ1) is 9.77. The van der Waals surface area contributed by atoms with Crippen LogP contribution in [-0.4, -0.2) is 7.11 Å². The molecule has 112 valence electrons. The first-order valence-corrected chi connectivity index (χ1v) is 7.56. The Morgan fingerprint density at radius 1 is 1.20 bits per heavy atom. The monoisotopic (exact) mass is 280 g/mol. The summed E-state index contributed by atoms with van der Waals surface area (Å²) in [6.07, 6.45) is 8.48. The van der Waals surface area contributed by atoms with E-state index in [1.165, 1.54) is 39.2 Å². The van der Waals surface area contributed by atoms with Crippen molar-refractivity contribution in [1.82, 2.24) is 5.43 Å². The molecule has 3 nitrogen and oxygen atoms in total. The minimum Gasteiger partial charge on any atom is -0.494 e. The highest BCUT2D eigenvalue weighted by molar-refractivity contribution is 5.33. The molecule has 1 unspecified atom stereocenters. The maximum absolute atomic E-state index is 14.4. The number of nitrogens with one attached hydrogen (secondary N) is 1. The molecule has 1 aromatic carbocycles. The predicted octanol–water partition coefficient (Wildman–Crippen LogP) is 3.70. The summed E-state index contributed by atoms with van der Waals surface area (Å²) in [5.41, 5.74) is 3.46. The maximum atomic E-state index is 14.4. The minimum atomic E-state index is -0.292. The highest BCUT2D eigenvalue weighted by Crippen LogP contribution is 2.35. The fourth-order valence-electron chi connectivity index (χ4n) is 3.23. The zero-order chi connectivity index (χ0) is 14.4. The van der Waals surface area contributed by atoms with E-state index in [1.807, 2.05) is 6.07 Å². The smallest absolute Gasteiger partial charge is 0.169 e. The molecule has 4 heteroatoms. The average molecular weight is 280 g/mol. The number of halogens is 1. The second-order valence-corrected chi connectivity index (χ2v) is 5.61. The molecule has 1 aliphatic carbocycles. The molecule has 1 fully saturated rings. The molecule has 2 rings (SSSR count). The number of methoxy groups -OCH3 is 1. The van der Waals surface area contributed by atoms with Gasteiger partial charge in [-0.2, -0.15) is 0 Å². The lowest BCUT2D eigenvalue weighted by Gasteiger charge is -2.29. The summed E-state index contributed by atoms with van der Waals surface area (Å²) in [5.74, 6) is 6.11. The fourth-order valence-corrected chi connectivity index (χ4v) is 3.23. The summed E-state index contributed by atoms with van der Waals surface area (Å²) >= 11 is 0. The van der Waals surface area contributed by atoms with Crippen LogP contribution < -0.4 is 16.0 Å². The van der Waals surface area contributed by atoms with Crippen molar-refractivity contribution in [3.63, 3.8) is 0 Å². The minimum absolute atomic E-state index is 0.136. The SMILES string of the molecule is COc1cccc(C(NN)C2CCCCCCC2)c1F. The van der Waals surface area contributed by atoms with Crippen LogP contribution in [-0.2, 0) is 0 Å². The summed E-state index contributed by atoms with van der Waals surface area (Å²) in [6, 6.07) is 5.14. The van der Waals surface area contributed by atoms with Crippen molar-refractivity contribution < 1.29 is 9.13 Å². The maximum Gasteiger partial charge on any atom is 0.169 e. The molecular formula is C16H25FN2O. The molecule has 0 bridgehead atoms. The standard InChI is InChI=1S/C16H25FN2O/c1-20-14-11-7-10-13(15(14)17)16(19-18)12-8-5-3-2-4-6-9-12/h7,10-12,16,19H,2-6,8-9,18H2,1H3. The average Bonchev–Trinajstić information content (AvgIpc) is 2.43. The van der Waals surface area contributed by atoms with E-state index >= 15 is 0 Å². The van der Waals surface area contributed by atoms with Crippen molar-refractivity contribution in [3.8, 4) is 5.75 Å². The van der Waals surface area contributed by atoms with Crippen LogP contribution in [0.25, 0.3) is 0 Å². The van der Waals surface area contributed by atoms with Crippen molar-refractivity contribution in [2.45, 2.75) is 51.0 Å². The van der Waals surface area contributed by atoms with Crippen LogP contribution in [0.2, 0.25) is 0 Å². The van der Waals surface area contributed by atoms with Crippen LogP contribution in [0.5, 0.6) is 5.75 Å². The van der Waals surface area contributed by atoms with Crippen molar-refractivity contribution in [3.05, 3.63) is 29.6 Å². The normalized spacial score (nSPS) is 19.1. The van der Waals surface area contributed by atoms with Crippen LogP contribution in [0.3, 0.4) is 0 Å². The molecule has 0 radical (unpaired) electrons. The van der Waals surface area contributed by atoms with Gasteiger partial charge in [0.25, 0.3) is 0 Å². The molecule has 3 N–H and O–H groups in total. The van der Waals surface area contributed by atoms with Gasteiger partial charge in [0.05, 0.1) is 13.2 Å². The Hall–Kier alpha value is -1.13. The van der Waals surface area contributed by atoms with Gasteiger partial charge in [-0.1, -0.05) is 44.2 Å². The van der Waals surface area contributed by atoms with Gasteiger partial charge in [0, 0.05) is 5.56 Å². The first kappa shape index (κ1) is 15.3. The first-order valence-electron chi connectivity index (χ1n) is 7.56. The highest BCUT2D eigenvalue weighted by atomic mass is 19.1. The molecule has 1 aromatic rings. The third-order valence-corrected chi connectivity index (χ3v) is 4.35. The van der Waals surface area contributed by atoms with E-state index in [0.29, 0.717) is 11.5 Å². The number of rotatable bonds is 4. The third kappa shape index (κ3) is 3.49. The van der Waals surface area contributed by atoms with Gasteiger partial charge in [0.15, 0.2) is 11.6 Å². The molecule has 0 aliphatic heterocycles. The zero-order valence-electron chi connectivity index (χ0n) is 12.2. The topological polar surface area (TPSA) is 47.3 Å². The Morgan fingerprint density at radius 3 is 2.45 bits per heavy atom. The molecule has 20 heavy (non-hydrogen) atoms. The molecule has 0 spiro atoms. The lowest BCUT2D eigenvalue weighted by Crippen LogP contribution is -2.34. The number of hydrogen-bond acceptors (Lipinski definition) is 3. The number of hydrogen-bond donors (Lipinski definition) is 2. The highest BCUT2D eigenvalue weighted by Gasteiger charge is 2.26. The van der Waals surface area contributed by atoms with Gasteiger partial charge < -0.3 is 4.74 Å². The van der Waals surface area contributed by atoms with E-state index in [9.17, 15) is 4.39 Å². The second-order valence-electron chi connectivity index (χ2n) is 5.61. The van der Waals surface area contributed by atoms with Crippen LogP contribution in [0.15, 0.2) is 18.2 Å². The number of hydrazine groups is 1. The lowest BCUT2D eigenvalue weighted by molar-refractivity contribution is 0.282. The van der Waals surface area contributed by atoms with Gasteiger partial charge in [-0.25, -0.2) is 4.39 Å². The van der Waals surface area contributed by atoms with Crippen LogP contribution in [0.1, 0.15) is 56.6 Å². The summed E-state index contributed by atoms with van der Waals surface area (Å²) in [5, 5.41) is 0. The number of ether oxygens (including phenoxy) is 1. The van der Waals surface area contributed by atoms with Crippen molar-refractivity contribution in [2.24, 2.45) is 11.8 Å². The summed E-state index contributed by atoms with van der Waals surface area (Å²) in [7, 11) is 1.49. The van der Waals surface area contributed by atoms with Gasteiger partial charge in [-0.15, -0.1) is 0 Å². The van der Waals surface area contributed by atoms with Crippen LogP contribution in [0.4, 0.5) is 4.39 Å². The zero-order valence-corrected chi connectivity index (χ0v) is 12.2. The number of nitrogens with two attached hydrogens (primary N) is 1. The van der Waals surface area contributed by atoms with E-state index in [-0.39, 0.29) is 17.6 Å². The second kappa shape index (κ2) is 7.60. The van der Waals surface area contributed by atoms with E-state index in [4.69, 9.17) is 10.6 Å². The summed E-state index contributed by atoms with van der Waals surface area (Å²) in [4.78, 5) is 0. The Balaban J connectivity index is 2.21. The van der Waals surface area contributed by atoms with E-state index in [1.54, 1.807) is 12.1 Å². The van der Waals surface area contributed by atoms with Crippen LogP contribution >= 0.6 is 0 Å². The van der Waals surface area contributed by atoms with Crippen molar-refractivity contribution in [1.29, 1.82) is 0 Å². The molecule has 0 aromatic heterocycles. The molecule has 0 heterocycles. The van der Waals surface area contributed by atoms with Gasteiger partial charge in [0.2, 0.25) is 0 Å². The van der Waals surface area contributed by atoms with Gasteiger partial charge in [0.1, 0.15) is 0 Å². The Kier molecular flexibility index (Phi) is 5.80. The Morgan fingerprint density at radius 2 is 1.85 bits per heavy atom. The molecular weight excluding hydrogens is 255 g/mol. The Bertz CT molecular complexity index is 417. The molecule has 1 aliphatic rings. The van der Waals surface area contributed by atoms with E-state index in [2.05, 4.69) is 5.43 Å². The molecule has 0 saturated heterocycles. The van der Waals surface area contributed by atoms with Crippen molar-refractivity contribution >= 4 is 0 Å². The molecule has 1 saturated carbocycles. The molecule has 0 amide bonds. The van der Waals surface area contributed by atoms with Crippen LogP contribution in [0, 0.1) is 11.7 Å². The predicted molar refractivity (Wildman–Crippen MR) is 78.8 cm³/mol. The van der Waals surface area contributed by atoms with E-state index in [0.717, 1.165) is 12.8 Å².